The van der Waals surface area contributed by atoms with Gasteiger partial charge in [0.25, 0.3) is 11.8 Å². The molecular weight excluding hydrogens is 650 g/mol. The summed E-state index contributed by atoms with van der Waals surface area (Å²) in [5.74, 6) is -2.35. The van der Waals surface area contributed by atoms with E-state index in [1.807, 2.05) is 27.7 Å². The van der Waals surface area contributed by atoms with E-state index in [0.29, 0.717) is 31.2 Å². The lowest BCUT2D eigenvalue weighted by atomic mass is 9.78. The summed E-state index contributed by atoms with van der Waals surface area (Å²) in [6.45, 7) is 7.94. The molecule has 1 saturated heterocycles. The monoisotopic (exact) mass is 705 g/mol. The molecule has 8 atom stereocenters. The number of nitrogens with zero attached hydrogens (tertiary/aromatic N) is 3. The molecule has 2 heterocycles. The van der Waals surface area contributed by atoms with Crippen LogP contribution in [0.3, 0.4) is 0 Å². The highest BCUT2D eigenvalue weighted by Gasteiger charge is 2.60. The highest BCUT2D eigenvalue weighted by atomic mass is 16.2. The van der Waals surface area contributed by atoms with E-state index >= 15 is 0 Å². The Labute approximate surface area is 300 Å². The number of Topliss-reactive ketones (excluding diaryl/α,β-unsaturated/α-hetero) is 1. The summed E-state index contributed by atoms with van der Waals surface area (Å²) in [4.78, 5) is 92.4. The highest BCUT2D eigenvalue weighted by molar-refractivity contribution is 6.38. The van der Waals surface area contributed by atoms with Crippen LogP contribution in [0.25, 0.3) is 0 Å². The minimum absolute atomic E-state index is 0.0137. The number of fused-ring (bicyclic) bond motifs is 5. The summed E-state index contributed by atoms with van der Waals surface area (Å²) in [6.07, 6.45) is 14.4. The molecular formula is C38H55N7O6. The maximum Gasteiger partial charge on any atom is 0.289 e. The number of rotatable bonds is 13. The SMILES string of the molecule is CCC[C@H](NC(=O)[C@@H]1[C@H]2[C@H]3CC[C@H](C3)[C@H]2CN1C(=O)[C@@H](NC(=O)[C@@H](NC(=O)c1cnccn1)C1CCCCC1)C(C)(C)C)C(=O)C(=O)NC1CC1. The smallest absolute Gasteiger partial charge is 0.289 e. The molecule has 13 nitrogen and oxygen atoms in total. The lowest BCUT2D eigenvalue weighted by Gasteiger charge is -2.38. The fourth-order valence-corrected chi connectivity index (χ4v) is 9.31. The second kappa shape index (κ2) is 15.4. The zero-order valence-corrected chi connectivity index (χ0v) is 30.5. The van der Waals surface area contributed by atoms with E-state index in [4.69, 9.17) is 0 Å². The van der Waals surface area contributed by atoms with Gasteiger partial charge < -0.3 is 26.2 Å². The molecule has 0 radical (unpaired) electrons. The van der Waals surface area contributed by atoms with Crippen LogP contribution in [0.1, 0.15) is 115 Å². The Morgan fingerprint density at radius 2 is 1.63 bits per heavy atom. The minimum atomic E-state index is -0.992. The third-order valence-corrected chi connectivity index (χ3v) is 12.0. The van der Waals surface area contributed by atoms with Gasteiger partial charge in [0.15, 0.2) is 0 Å². The fraction of sp³-hybridized carbons (Fsp3) is 0.737. The van der Waals surface area contributed by atoms with Crippen LogP contribution in [0.15, 0.2) is 18.6 Å². The molecule has 0 aromatic carbocycles. The number of hydrogen-bond acceptors (Lipinski definition) is 8. The van der Waals surface area contributed by atoms with Crippen LogP contribution < -0.4 is 21.3 Å². The van der Waals surface area contributed by atoms with E-state index in [0.717, 1.165) is 64.2 Å². The molecule has 2 bridgehead atoms. The zero-order valence-electron chi connectivity index (χ0n) is 30.5. The molecule has 278 valence electrons. The average molecular weight is 706 g/mol. The summed E-state index contributed by atoms with van der Waals surface area (Å²) in [5.41, 5.74) is -0.635. The van der Waals surface area contributed by atoms with Crippen molar-refractivity contribution in [3.63, 3.8) is 0 Å². The number of amides is 5. The Morgan fingerprint density at radius 1 is 0.902 bits per heavy atom. The molecule has 51 heavy (non-hydrogen) atoms. The van der Waals surface area contributed by atoms with Crippen molar-refractivity contribution >= 4 is 35.3 Å². The van der Waals surface area contributed by atoms with Crippen LogP contribution in [0.2, 0.25) is 0 Å². The van der Waals surface area contributed by atoms with Gasteiger partial charge >= 0.3 is 0 Å². The molecule has 5 amide bonds. The van der Waals surface area contributed by atoms with Crippen molar-refractivity contribution in [2.45, 2.75) is 135 Å². The normalized spacial score (nSPS) is 27.5. The van der Waals surface area contributed by atoms with Crippen molar-refractivity contribution in [1.29, 1.82) is 0 Å². The Kier molecular flexibility index (Phi) is 11.1. The Morgan fingerprint density at radius 3 is 2.27 bits per heavy atom. The quantitative estimate of drug-likeness (QED) is 0.226. The predicted octanol–water partition coefficient (Wildman–Crippen LogP) is 2.69. The van der Waals surface area contributed by atoms with E-state index in [-0.39, 0.29) is 35.4 Å². The van der Waals surface area contributed by atoms with Crippen molar-refractivity contribution in [3.8, 4) is 0 Å². The van der Waals surface area contributed by atoms with Crippen LogP contribution >= 0.6 is 0 Å². The Bertz CT molecular complexity index is 1490. The zero-order chi connectivity index (χ0) is 36.4. The van der Waals surface area contributed by atoms with Crippen molar-refractivity contribution in [2.24, 2.45) is 35.0 Å². The number of hydrogen-bond donors (Lipinski definition) is 4. The first-order valence-electron chi connectivity index (χ1n) is 19.2. The molecule has 5 fully saturated rings. The third kappa shape index (κ3) is 8.12. The summed E-state index contributed by atoms with van der Waals surface area (Å²) in [5, 5.41) is 11.6. The predicted molar refractivity (Wildman–Crippen MR) is 188 cm³/mol. The second-order valence-electron chi connectivity index (χ2n) is 16.7. The first-order valence-corrected chi connectivity index (χ1v) is 19.2. The van der Waals surface area contributed by atoms with Gasteiger partial charge in [-0.1, -0.05) is 53.4 Å². The Balaban J connectivity index is 1.24. The van der Waals surface area contributed by atoms with Gasteiger partial charge in [0, 0.05) is 25.0 Å². The lowest BCUT2D eigenvalue weighted by molar-refractivity contribution is -0.146. The van der Waals surface area contributed by atoms with E-state index < -0.39 is 59.0 Å². The molecule has 1 aliphatic heterocycles. The molecule has 4 aliphatic carbocycles. The molecule has 5 aliphatic rings. The molecule has 0 unspecified atom stereocenters. The number of carbonyl (C=O) groups is 6. The second-order valence-corrected chi connectivity index (χ2v) is 16.7. The van der Waals surface area contributed by atoms with E-state index in [1.54, 1.807) is 4.90 Å². The van der Waals surface area contributed by atoms with Gasteiger partial charge in [0.2, 0.25) is 23.5 Å². The highest BCUT2D eigenvalue weighted by Crippen LogP contribution is 2.57. The molecule has 0 spiro atoms. The Hall–Kier alpha value is -3.90. The van der Waals surface area contributed by atoms with E-state index in [2.05, 4.69) is 31.2 Å². The van der Waals surface area contributed by atoms with Gasteiger partial charge in [-0.15, -0.1) is 0 Å². The molecule has 13 heteroatoms. The van der Waals surface area contributed by atoms with Gasteiger partial charge in [-0.05, 0) is 86.4 Å². The summed E-state index contributed by atoms with van der Waals surface area (Å²) in [6, 6.07) is -3.66. The van der Waals surface area contributed by atoms with Gasteiger partial charge in [-0.2, -0.15) is 0 Å². The van der Waals surface area contributed by atoms with Crippen molar-refractivity contribution in [1.82, 2.24) is 36.1 Å². The maximum atomic E-state index is 14.8. The van der Waals surface area contributed by atoms with Crippen LogP contribution in [-0.4, -0.2) is 86.9 Å². The molecule has 4 saturated carbocycles. The van der Waals surface area contributed by atoms with E-state index in [1.165, 1.54) is 18.6 Å². The topological polar surface area (TPSA) is 180 Å². The van der Waals surface area contributed by atoms with Crippen molar-refractivity contribution in [3.05, 3.63) is 24.3 Å². The van der Waals surface area contributed by atoms with Crippen LogP contribution in [-0.2, 0) is 24.0 Å². The van der Waals surface area contributed by atoms with Crippen LogP contribution in [0.4, 0.5) is 0 Å². The molecule has 1 aromatic rings. The molecule has 4 N–H and O–H groups in total. The molecule has 1 aromatic heterocycles. The van der Waals surface area contributed by atoms with Crippen molar-refractivity contribution in [2.75, 3.05) is 6.54 Å². The number of nitrogens with one attached hydrogen (secondary N) is 4. The van der Waals surface area contributed by atoms with Gasteiger partial charge in [-0.3, -0.25) is 33.8 Å². The molecule has 6 rings (SSSR count). The minimum Gasteiger partial charge on any atom is -0.347 e. The third-order valence-electron chi connectivity index (χ3n) is 12.0. The number of aromatic nitrogens is 2. The van der Waals surface area contributed by atoms with E-state index in [9.17, 15) is 28.8 Å². The summed E-state index contributed by atoms with van der Waals surface area (Å²) >= 11 is 0. The van der Waals surface area contributed by atoms with Gasteiger partial charge in [0.05, 0.1) is 12.2 Å². The number of carbonyl (C=O) groups excluding carboxylic acids is 6. The lowest BCUT2D eigenvalue weighted by Crippen LogP contribution is -2.62. The summed E-state index contributed by atoms with van der Waals surface area (Å²) in [7, 11) is 0. The van der Waals surface area contributed by atoms with Gasteiger partial charge in [0.1, 0.15) is 23.8 Å². The number of ketones is 1. The largest absolute Gasteiger partial charge is 0.347 e. The van der Waals surface area contributed by atoms with Crippen molar-refractivity contribution < 1.29 is 28.8 Å². The fourth-order valence-electron chi connectivity index (χ4n) is 9.31. The maximum absolute atomic E-state index is 14.8. The summed E-state index contributed by atoms with van der Waals surface area (Å²) < 4.78 is 0. The first-order chi connectivity index (χ1) is 24.4. The van der Waals surface area contributed by atoms with Crippen LogP contribution in [0.5, 0.6) is 0 Å². The standard InChI is InChI=1S/C38H55N7O6/c1-5-9-26(31(46)36(50)41-24-14-15-24)42-35(49)30-28-23-13-12-22(18-23)25(28)20-45(30)37(51)32(38(2,3)4)44-34(48)29(21-10-7-6-8-11-21)43-33(47)27-19-39-16-17-40-27/h16-17,19,21-26,28-30,32H,5-15,18,20H2,1-4H3,(H,41,50)(H,42,49)(H,43,47)(H,44,48)/t22-,23+,25-,26+,28+,29+,30+,32-/m1/s1. The van der Waals surface area contributed by atoms with Gasteiger partial charge in [-0.25, -0.2) is 4.98 Å². The number of likely N-dealkylation sites (tertiary alicyclic amines) is 1. The average Bonchev–Trinajstić information content (AvgIpc) is 3.49. The van der Waals surface area contributed by atoms with Crippen LogP contribution in [0, 0.1) is 35.0 Å². The first kappa shape index (κ1) is 36.9.